The normalized spacial score (nSPS) is 21.9. The lowest BCUT2D eigenvalue weighted by atomic mass is 10.0. The molecule has 0 bridgehead atoms. The third-order valence-corrected chi connectivity index (χ3v) is 3.75. The fraction of sp³-hybridized carbons (Fsp3) is 0.929. The molecule has 1 amide bonds. The number of likely N-dealkylation sites (N-methyl/N-ethyl adjacent to an activating group) is 1. The Balaban J connectivity index is 2.40. The Morgan fingerprint density at radius 3 is 2.78 bits per heavy atom. The molecule has 1 rings (SSSR count). The molecule has 0 aliphatic carbocycles. The van der Waals surface area contributed by atoms with E-state index in [4.69, 9.17) is 0 Å². The standard InChI is InChI=1S/C14H29N3O/c1-4-9-16-14(18)12(3)17(5-2)11-13-8-6-7-10-15-13/h12-13,15H,4-11H2,1-3H3,(H,16,18). The van der Waals surface area contributed by atoms with E-state index in [2.05, 4.69) is 29.4 Å². The van der Waals surface area contributed by atoms with Crippen LogP contribution in [-0.4, -0.2) is 49.1 Å². The van der Waals surface area contributed by atoms with Crippen molar-refractivity contribution >= 4 is 5.91 Å². The predicted octanol–water partition coefficient (Wildman–Crippen LogP) is 1.37. The van der Waals surface area contributed by atoms with Gasteiger partial charge in [-0.25, -0.2) is 0 Å². The van der Waals surface area contributed by atoms with Crippen LogP contribution in [0.5, 0.6) is 0 Å². The number of rotatable bonds is 7. The van der Waals surface area contributed by atoms with Gasteiger partial charge in [-0.1, -0.05) is 20.3 Å². The van der Waals surface area contributed by atoms with Crippen LogP contribution < -0.4 is 10.6 Å². The van der Waals surface area contributed by atoms with Gasteiger partial charge in [-0.2, -0.15) is 0 Å². The summed E-state index contributed by atoms with van der Waals surface area (Å²) < 4.78 is 0. The second kappa shape index (κ2) is 8.48. The number of carbonyl (C=O) groups excluding carboxylic acids is 1. The van der Waals surface area contributed by atoms with Gasteiger partial charge in [0.25, 0.3) is 0 Å². The molecule has 0 radical (unpaired) electrons. The molecule has 4 heteroatoms. The van der Waals surface area contributed by atoms with Crippen LogP contribution in [0.15, 0.2) is 0 Å². The molecule has 18 heavy (non-hydrogen) atoms. The van der Waals surface area contributed by atoms with Gasteiger partial charge in [0.15, 0.2) is 0 Å². The Labute approximate surface area is 111 Å². The quantitative estimate of drug-likeness (QED) is 0.722. The zero-order chi connectivity index (χ0) is 13.4. The summed E-state index contributed by atoms with van der Waals surface area (Å²) in [6, 6.07) is 0.533. The fourth-order valence-corrected chi connectivity index (χ4v) is 2.49. The van der Waals surface area contributed by atoms with Gasteiger partial charge in [0, 0.05) is 19.1 Å². The molecule has 2 unspecified atom stereocenters. The molecule has 0 aromatic carbocycles. The average molecular weight is 255 g/mol. The number of amides is 1. The minimum atomic E-state index is -0.0229. The smallest absolute Gasteiger partial charge is 0.237 e. The summed E-state index contributed by atoms with van der Waals surface area (Å²) in [5, 5.41) is 6.53. The van der Waals surface area contributed by atoms with Crippen LogP contribution >= 0.6 is 0 Å². The van der Waals surface area contributed by atoms with Crippen LogP contribution in [-0.2, 0) is 4.79 Å². The van der Waals surface area contributed by atoms with E-state index in [1.807, 2.05) is 6.92 Å². The Hall–Kier alpha value is -0.610. The third kappa shape index (κ3) is 4.94. The maximum Gasteiger partial charge on any atom is 0.237 e. The summed E-state index contributed by atoms with van der Waals surface area (Å²) in [7, 11) is 0. The summed E-state index contributed by atoms with van der Waals surface area (Å²) in [5.74, 6) is 0.162. The number of nitrogens with zero attached hydrogens (tertiary/aromatic N) is 1. The topological polar surface area (TPSA) is 44.4 Å². The molecule has 2 atom stereocenters. The largest absolute Gasteiger partial charge is 0.355 e. The molecule has 1 saturated heterocycles. The summed E-state index contributed by atoms with van der Waals surface area (Å²) in [5.41, 5.74) is 0. The second-order valence-corrected chi connectivity index (χ2v) is 5.20. The highest BCUT2D eigenvalue weighted by Crippen LogP contribution is 2.10. The maximum absolute atomic E-state index is 12.0. The molecule has 106 valence electrons. The molecule has 2 N–H and O–H groups in total. The summed E-state index contributed by atoms with van der Waals surface area (Å²) in [6.45, 7) is 10.0. The molecule has 1 aliphatic rings. The Bertz CT molecular complexity index is 239. The van der Waals surface area contributed by atoms with E-state index in [9.17, 15) is 4.79 Å². The van der Waals surface area contributed by atoms with Gasteiger partial charge in [-0.05, 0) is 39.3 Å². The van der Waals surface area contributed by atoms with Crippen molar-refractivity contribution in [3.8, 4) is 0 Å². The molecule has 0 saturated carbocycles. The van der Waals surface area contributed by atoms with E-state index in [0.717, 1.165) is 32.6 Å². The Kier molecular flexibility index (Phi) is 7.28. The monoisotopic (exact) mass is 255 g/mol. The van der Waals surface area contributed by atoms with Crippen LogP contribution in [0.4, 0.5) is 0 Å². The lowest BCUT2D eigenvalue weighted by molar-refractivity contribution is -0.125. The first-order valence-corrected chi connectivity index (χ1v) is 7.44. The Morgan fingerprint density at radius 1 is 1.44 bits per heavy atom. The molecule has 0 aromatic rings. The average Bonchev–Trinajstić information content (AvgIpc) is 2.42. The van der Waals surface area contributed by atoms with E-state index >= 15 is 0 Å². The minimum Gasteiger partial charge on any atom is -0.355 e. The van der Waals surface area contributed by atoms with Gasteiger partial charge in [0.1, 0.15) is 0 Å². The van der Waals surface area contributed by atoms with Gasteiger partial charge in [0.05, 0.1) is 6.04 Å². The molecule has 1 fully saturated rings. The number of hydrogen-bond acceptors (Lipinski definition) is 3. The van der Waals surface area contributed by atoms with Crippen molar-refractivity contribution in [2.24, 2.45) is 0 Å². The van der Waals surface area contributed by atoms with Crippen molar-refractivity contribution < 1.29 is 4.79 Å². The van der Waals surface area contributed by atoms with E-state index < -0.39 is 0 Å². The predicted molar refractivity (Wildman–Crippen MR) is 75.7 cm³/mol. The molecular weight excluding hydrogens is 226 g/mol. The maximum atomic E-state index is 12.0. The van der Waals surface area contributed by atoms with E-state index in [1.165, 1.54) is 19.3 Å². The van der Waals surface area contributed by atoms with Gasteiger partial charge in [-0.15, -0.1) is 0 Å². The molecule has 1 aliphatic heterocycles. The van der Waals surface area contributed by atoms with Crippen molar-refractivity contribution in [3.05, 3.63) is 0 Å². The summed E-state index contributed by atoms with van der Waals surface area (Å²) in [6.07, 6.45) is 4.83. The highest BCUT2D eigenvalue weighted by molar-refractivity contribution is 5.81. The van der Waals surface area contributed by atoms with Crippen LogP contribution in [0, 0.1) is 0 Å². The van der Waals surface area contributed by atoms with Crippen LogP contribution in [0.25, 0.3) is 0 Å². The number of carbonyl (C=O) groups is 1. The van der Waals surface area contributed by atoms with E-state index in [0.29, 0.717) is 6.04 Å². The first-order valence-electron chi connectivity index (χ1n) is 7.44. The zero-order valence-corrected chi connectivity index (χ0v) is 12.2. The lowest BCUT2D eigenvalue weighted by Gasteiger charge is -2.33. The first kappa shape index (κ1) is 15.4. The molecule has 0 aromatic heterocycles. The molecular formula is C14H29N3O. The molecule has 0 spiro atoms. The van der Waals surface area contributed by atoms with Crippen LogP contribution in [0.3, 0.4) is 0 Å². The van der Waals surface area contributed by atoms with Crippen molar-refractivity contribution in [1.82, 2.24) is 15.5 Å². The van der Waals surface area contributed by atoms with Gasteiger partial charge in [0.2, 0.25) is 5.91 Å². The van der Waals surface area contributed by atoms with E-state index in [-0.39, 0.29) is 11.9 Å². The first-order chi connectivity index (χ1) is 8.69. The Morgan fingerprint density at radius 2 is 2.22 bits per heavy atom. The highest BCUT2D eigenvalue weighted by atomic mass is 16.2. The summed E-state index contributed by atoms with van der Waals surface area (Å²) in [4.78, 5) is 14.2. The lowest BCUT2D eigenvalue weighted by Crippen LogP contribution is -2.51. The molecule has 1 heterocycles. The van der Waals surface area contributed by atoms with Gasteiger partial charge in [-0.3, -0.25) is 9.69 Å². The van der Waals surface area contributed by atoms with Gasteiger partial charge < -0.3 is 10.6 Å². The SMILES string of the molecule is CCCNC(=O)C(C)N(CC)CC1CCCCN1. The molecule has 4 nitrogen and oxygen atoms in total. The highest BCUT2D eigenvalue weighted by Gasteiger charge is 2.23. The van der Waals surface area contributed by atoms with Crippen molar-refractivity contribution in [2.45, 2.75) is 58.5 Å². The zero-order valence-electron chi connectivity index (χ0n) is 12.2. The third-order valence-electron chi connectivity index (χ3n) is 3.75. The minimum absolute atomic E-state index is 0.0229. The number of piperidine rings is 1. The van der Waals surface area contributed by atoms with Crippen molar-refractivity contribution in [3.63, 3.8) is 0 Å². The second-order valence-electron chi connectivity index (χ2n) is 5.20. The van der Waals surface area contributed by atoms with Crippen LogP contribution in [0.1, 0.15) is 46.5 Å². The number of hydrogen-bond donors (Lipinski definition) is 2. The van der Waals surface area contributed by atoms with E-state index in [1.54, 1.807) is 0 Å². The van der Waals surface area contributed by atoms with Crippen molar-refractivity contribution in [2.75, 3.05) is 26.2 Å². The van der Waals surface area contributed by atoms with Crippen molar-refractivity contribution in [1.29, 1.82) is 0 Å². The van der Waals surface area contributed by atoms with Gasteiger partial charge >= 0.3 is 0 Å². The summed E-state index contributed by atoms with van der Waals surface area (Å²) >= 11 is 0. The van der Waals surface area contributed by atoms with Crippen LogP contribution in [0.2, 0.25) is 0 Å². The number of nitrogens with one attached hydrogen (secondary N) is 2. The fourth-order valence-electron chi connectivity index (χ4n) is 2.49.